The number of carbonyl (C=O) groups is 1. The summed E-state index contributed by atoms with van der Waals surface area (Å²) >= 11 is 0. The summed E-state index contributed by atoms with van der Waals surface area (Å²) in [6, 6.07) is 13.0. The molecule has 1 aliphatic rings. The molecule has 202 valence electrons. The number of benzene rings is 3. The predicted octanol–water partition coefficient (Wildman–Crippen LogP) is 7.82. The van der Waals surface area contributed by atoms with E-state index in [0.29, 0.717) is 17.7 Å². The highest BCUT2D eigenvalue weighted by molar-refractivity contribution is 5.91. The van der Waals surface area contributed by atoms with Gasteiger partial charge in [-0.1, -0.05) is 37.6 Å². The second-order valence-electron chi connectivity index (χ2n) is 9.79. The van der Waals surface area contributed by atoms with Gasteiger partial charge in [-0.2, -0.15) is 0 Å². The second-order valence-corrected chi connectivity index (χ2v) is 9.79. The maximum absolute atomic E-state index is 15.1. The number of aliphatic hydroxyl groups excluding tert-OH is 1. The van der Waals surface area contributed by atoms with Gasteiger partial charge in [0.25, 0.3) is 0 Å². The van der Waals surface area contributed by atoms with E-state index in [1.165, 1.54) is 36.4 Å². The SMILES string of the molecule is CCCC(O)C1CCC(c2ccc(-c3ccc(C(=O)Oc4ccc(OCC)c(F)c4)cc3)c(F)c2F)CC1. The lowest BCUT2D eigenvalue weighted by Crippen LogP contribution is -2.25. The fourth-order valence-electron chi connectivity index (χ4n) is 5.22. The van der Waals surface area contributed by atoms with Gasteiger partial charge in [0.05, 0.1) is 18.3 Å². The summed E-state index contributed by atoms with van der Waals surface area (Å²) in [6.45, 7) is 4.08. The van der Waals surface area contributed by atoms with Crippen molar-refractivity contribution in [1.29, 1.82) is 0 Å². The van der Waals surface area contributed by atoms with Crippen LogP contribution in [0.2, 0.25) is 0 Å². The highest BCUT2D eigenvalue weighted by Crippen LogP contribution is 2.40. The van der Waals surface area contributed by atoms with Crippen molar-refractivity contribution in [1.82, 2.24) is 0 Å². The van der Waals surface area contributed by atoms with E-state index >= 15 is 8.78 Å². The Bertz CT molecular complexity index is 1250. The molecule has 4 nitrogen and oxygen atoms in total. The third kappa shape index (κ3) is 6.21. The van der Waals surface area contributed by atoms with Crippen LogP contribution in [0.3, 0.4) is 0 Å². The van der Waals surface area contributed by atoms with Gasteiger partial charge in [0.2, 0.25) is 0 Å². The smallest absolute Gasteiger partial charge is 0.343 e. The van der Waals surface area contributed by atoms with Crippen LogP contribution in [0.25, 0.3) is 11.1 Å². The van der Waals surface area contributed by atoms with Gasteiger partial charge in [-0.25, -0.2) is 18.0 Å². The lowest BCUT2D eigenvalue weighted by atomic mass is 9.75. The van der Waals surface area contributed by atoms with Gasteiger partial charge < -0.3 is 14.6 Å². The Morgan fingerprint density at radius 2 is 1.66 bits per heavy atom. The molecule has 0 bridgehead atoms. The highest BCUT2D eigenvalue weighted by Gasteiger charge is 2.29. The number of esters is 1. The molecule has 1 N–H and O–H groups in total. The van der Waals surface area contributed by atoms with Crippen molar-refractivity contribution in [2.45, 2.75) is 64.4 Å². The van der Waals surface area contributed by atoms with E-state index in [4.69, 9.17) is 9.47 Å². The molecular weight excluding hydrogens is 493 g/mol. The van der Waals surface area contributed by atoms with Gasteiger partial charge >= 0.3 is 5.97 Å². The fraction of sp³-hybridized carbons (Fsp3) is 0.387. The fourth-order valence-corrected chi connectivity index (χ4v) is 5.22. The van der Waals surface area contributed by atoms with Gasteiger partial charge in [0, 0.05) is 11.6 Å². The number of hydrogen-bond donors (Lipinski definition) is 1. The Kier molecular flexibility index (Phi) is 9.10. The van der Waals surface area contributed by atoms with Crippen molar-refractivity contribution in [3.63, 3.8) is 0 Å². The second kappa shape index (κ2) is 12.5. The van der Waals surface area contributed by atoms with Crippen LogP contribution in [0.5, 0.6) is 11.5 Å². The molecule has 3 aromatic carbocycles. The number of hydrogen-bond acceptors (Lipinski definition) is 4. The average molecular weight is 527 g/mol. The van der Waals surface area contributed by atoms with Crippen LogP contribution in [0.1, 0.15) is 74.2 Å². The first-order valence-corrected chi connectivity index (χ1v) is 13.2. The third-order valence-corrected chi connectivity index (χ3v) is 7.30. The largest absolute Gasteiger partial charge is 0.491 e. The number of rotatable bonds is 9. The summed E-state index contributed by atoms with van der Waals surface area (Å²) in [7, 11) is 0. The molecule has 7 heteroatoms. The Morgan fingerprint density at radius 3 is 2.29 bits per heavy atom. The molecule has 4 rings (SSSR count). The lowest BCUT2D eigenvalue weighted by Gasteiger charge is -2.32. The molecular formula is C31H33F3O4. The molecule has 1 atom stereocenters. The minimum absolute atomic E-state index is 0.0256. The van der Waals surface area contributed by atoms with E-state index in [1.807, 2.05) is 6.92 Å². The van der Waals surface area contributed by atoms with Crippen molar-refractivity contribution in [2.75, 3.05) is 6.61 Å². The van der Waals surface area contributed by atoms with Gasteiger partial charge in [-0.15, -0.1) is 0 Å². The molecule has 1 saturated carbocycles. The van der Waals surface area contributed by atoms with Crippen LogP contribution >= 0.6 is 0 Å². The Morgan fingerprint density at radius 1 is 0.947 bits per heavy atom. The van der Waals surface area contributed by atoms with Crippen molar-refractivity contribution in [3.8, 4) is 22.6 Å². The van der Waals surface area contributed by atoms with E-state index in [2.05, 4.69) is 0 Å². The Labute approximate surface area is 221 Å². The molecule has 0 amide bonds. The molecule has 1 unspecified atom stereocenters. The monoisotopic (exact) mass is 526 g/mol. The van der Waals surface area contributed by atoms with Gasteiger partial charge in [-0.3, -0.25) is 0 Å². The van der Waals surface area contributed by atoms with Gasteiger partial charge in [-0.05, 0) is 86.3 Å². The summed E-state index contributed by atoms with van der Waals surface area (Å²) in [5, 5.41) is 10.3. The van der Waals surface area contributed by atoms with Crippen LogP contribution in [-0.2, 0) is 0 Å². The molecule has 38 heavy (non-hydrogen) atoms. The van der Waals surface area contributed by atoms with Crippen LogP contribution < -0.4 is 9.47 Å². The maximum atomic E-state index is 15.1. The van der Waals surface area contributed by atoms with E-state index in [-0.39, 0.29) is 40.6 Å². The summed E-state index contributed by atoms with van der Waals surface area (Å²) in [5.41, 5.74) is 1.08. The van der Waals surface area contributed by atoms with Crippen LogP contribution in [0.15, 0.2) is 54.6 Å². The molecule has 0 aromatic heterocycles. The lowest BCUT2D eigenvalue weighted by molar-refractivity contribution is 0.0725. The van der Waals surface area contributed by atoms with E-state index in [9.17, 15) is 14.3 Å². The molecule has 0 heterocycles. The van der Waals surface area contributed by atoms with Crippen molar-refractivity contribution >= 4 is 5.97 Å². The third-order valence-electron chi connectivity index (χ3n) is 7.30. The van der Waals surface area contributed by atoms with Gasteiger partial charge in [0.1, 0.15) is 5.75 Å². The predicted molar refractivity (Wildman–Crippen MR) is 140 cm³/mol. The van der Waals surface area contributed by atoms with E-state index in [0.717, 1.165) is 44.6 Å². The van der Waals surface area contributed by atoms with E-state index < -0.39 is 23.4 Å². The molecule has 0 aliphatic heterocycles. The molecule has 0 spiro atoms. The van der Waals surface area contributed by atoms with Crippen molar-refractivity contribution < 1.29 is 32.5 Å². The minimum Gasteiger partial charge on any atom is -0.491 e. The first-order chi connectivity index (χ1) is 18.3. The minimum atomic E-state index is -0.921. The summed E-state index contributed by atoms with van der Waals surface area (Å²) in [6.07, 6.45) is 4.40. The first kappa shape index (κ1) is 27.7. The number of aliphatic hydroxyl groups is 1. The highest BCUT2D eigenvalue weighted by atomic mass is 19.2. The van der Waals surface area contributed by atoms with Crippen molar-refractivity contribution in [2.24, 2.45) is 5.92 Å². The Balaban J connectivity index is 1.43. The molecule has 1 fully saturated rings. The van der Waals surface area contributed by atoms with Crippen LogP contribution in [0.4, 0.5) is 13.2 Å². The van der Waals surface area contributed by atoms with Crippen molar-refractivity contribution in [3.05, 3.63) is 83.2 Å². The molecule has 3 aromatic rings. The first-order valence-electron chi connectivity index (χ1n) is 13.2. The number of halogens is 3. The topological polar surface area (TPSA) is 55.8 Å². The molecule has 0 radical (unpaired) electrons. The average Bonchev–Trinajstić information content (AvgIpc) is 2.92. The molecule has 1 aliphatic carbocycles. The van der Waals surface area contributed by atoms with Crippen LogP contribution in [-0.4, -0.2) is 23.8 Å². The Hall–Kier alpha value is -3.32. The zero-order valence-corrected chi connectivity index (χ0v) is 21.7. The standard InChI is InChI=1S/C31H33F3O4/c1-3-5-27(35)21-10-6-19(7-11-21)24-15-16-25(30(34)29(24)33)20-8-12-22(13-9-20)31(36)38-23-14-17-28(37-4-2)26(32)18-23/h8-9,12-19,21,27,35H,3-7,10-11H2,1-2H3. The number of carbonyl (C=O) groups excluding carboxylic acids is 1. The zero-order valence-electron chi connectivity index (χ0n) is 21.7. The summed E-state index contributed by atoms with van der Waals surface area (Å²) < 4.78 is 54.7. The zero-order chi connectivity index (χ0) is 27.2. The number of ether oxygens (including phenoxy) is 2. The maximum Gasteiger partial charge on any atom is 0.343 e. The molecule has 0 saturated heterocycles. The van der Waals surface area contributed by atoms with E-state index in [1.54, 1.807) is 19.1 Å². The summed E-state index contributed by atoms with van der Waals surface area (Å²) in [5.74, 6) is -2.88. The van der Waals surface area contributed by atoms with Gasteiger partial charge in [0.15, 0.2) is 23.2 Å². The quantitative estimate of drug-likeness (QED) is 0.228. The summed E-state index contributed by atoms with van der Waals surface area (Å²) in [4.78, 5) is 12.5. The van der Waals surface area contributed by atoms with Crippen LogP contribution in [0, 0.1) is 23.4 Å². The normalized spacial score (nSPS) is 18.2.